The number of thiophene rings is 1. The van der Waals surface area contributed by atoms with Gasteiger partial charge in [-0.25, -0.2) is 9.18 Å². The second-order valence-electron chi connectivity index (χ2n) is 7.95. The molecule has 0 saturated carbocycles. The van der Waals surface area contributed by atoms with E-state index in [1.807, 2.05) is 0 Å². The molecular formula is C23H25FN2O5S. The number of hydrogen-bond donors (Lipinski definition) is 2. The number of carbonyl (C=O) groups excluding carboxylic acids is 2. The van der Waals surface area contributed by atoms with Crippen LogP contribution in [0.5, 0.6) is 5.75 Å². The Kier molecular flexibility index (Phi) is 7.00. The third-order valence-corrected chi connectivity index (χ3v) is 5.55. The summed E-state index contributed by atoms with van der Waals surface area (Å²) in [5.41, 5.74) is 0.572. The van der Waals surface area contributed by atoms with Gasteiger partial charge in [0, 0.05) is 28.4 Å². The normalized spacial score (nSPS) is 11.3. The second kappa shape index (κ2) is 9.54. The van der Waals surface area contributed by atoms with Crippen LogP contribution in [0.2, 0.25) is 0 Å². The summed E-state index contributed by atoms with van der Waals surface area (Å²) in [5, 5.41) is 5.81. The molecule has 2 aromatic carbocycles. The molecule has 9 heteroatoms. The molecule has 0 spiro atoms. The number of benzene rings is 2. The first-order chi connectivity index (χ1) is 15.1. The topological polar surface area (TPSA) is 85.9 Å². The van der Waals surface area contributed by atoms with E-state index >= 15 is 0 Å². The van der Waals surface area contributed by atoms with Crippen LogP contribution in [-0.4, -0.2) is 31.8 Å². The van der Waals surface area contributed by atoms with Crippen LogP contribution < -0.4 is 15.4 Å². The third-order valence-electron chi connectivity index (χ3n) is 4.35. The first-order valence-electron chi connectivity index (χ1n) is 9.81. The molecule has 1 heterocycles. The Hall–Kier alpha value is -3.17. The molecule has 170 valence electrons. The summed E-state index contributed by atoms with van der Waals surface area (Å²) in [5.74, 6) is -0.415. The Bertz CT molecular complexity index is 1150. The lowest BCUT2D eigenvalue weighted by molar-refractivity contribution is 0.0635. The van der Waals surface area contributed by atoms with Crippen LogP contribution in [0, 0.1) is 5.82 Å². The van der Waals surface area contributed by atoms with E-state index in [0.29, 0.717) is 37.7 Å². The van der Waals surface area contributed by atoms with Gasteiger partial charge in [0.05, 0.1) is 24.3 Å². The van der Waals surface area contributed by atoms with Crippen molar-refractivity contribution in [3.05, 3.63) is 52.7 Å². The number of hydrogen-bond acceptors (Lipinski definition) is 6. The van der Waals surface area contributed by atoms with E-state index in [-0.39, 0.29) is 6.61 Å². The van der Waals surface area contributed by atoms with Crippen molar-refractivity contribution < 1.29 is 28.2 Å². The lowest BCUT2D eigenvalue weighted by Crippen LogP contribution is -2.27. The lowest BCUT2D eigenvalue weighted by atomic mass is 10.1. The molecule has 32 heavy (non-hydrogen) atoms. The molecule has 3 aromatic rings. The summed E-state index contributed by atoms with van der Waals surface area (Å²) in [6.45, 7) is 5.36. The maximum absolute atomic E-state index is 14.4. The Morgan fingerprint density at radius 2 is 1.84 bits per heavy atom. The van der Waals surface area contributed by atoms with Crippen LogP contribution in [0.1, 0.15) is 36.0 Å². The summed E-state index contributed by atoms with van der Waals surface area (Å²) in [4.78, 5) is 25.6. The average molecular weight is 461 g/mol. The zero-order valence-corrected chi connectivity index (χ0v) is 19.3. The van der Waals surface area contributed by atoms with Gasteiger partial charge in [-0.2, -0.15) is 0 Å². The third kappa shape index (κ3) is 5.35. The number of carbonyl (C=O) groups is 2. The predicted octanol–water partition coefficient (Wildman–Crippen LogP) is 5.79. The van der Waals surface area contributed by atoms with Crippen molar-refractivity contribution in [3.63, 3.8) is 0 Å². The smallest absolute Gasteiger partial charge is 0.412 e. The van der Waals surface area contributed by atoms with E-state index < -0.39 is 23.4 Å². The zero-order valence-electron chi connectivity index (χ0n) is 18.5. The molecule has 0 aliphatic heterocycles. The molecule has 0 saturated heterocycles. The van der Waals surface area contributed by atoms with Gasteiger partial charge in [0.15, 0.2) is 0 Å². The van der Waals surface area contributed by atoms with Gasteiger partial charge in [0.1, 0.15) is 17.2 Å². The fourth-order valence-electron chi connectivity index (χ4n) is 3.12. The lowest BCUT2D eigenvalue weighted by Gasteiger charge is -2.20. The minimum Gasteiger partial charge on any atom is -0.495 e. The standard InChI is InChI=1S/C23H25FN2O5S/c1-23(2,3)31-22(28)26-16-11-13(9-10-17(16)30-5)25-21(27)20-14(12-29-4)19-15(24)7-6-8-18(19)32-20/h6-11H,12H2,1-5H3,(H,25,27)(H,26,28). The summed E-state index contributed by atoms with van der Waals surface area (Å²) < 4.78 is 30.8. The predicted molar refractivity (Wildman–Crippen MR) is 123 cm³/mol. The van der Waals surface area contributed by atoms with Crippen LogP contribution in [-0.2, 0) is 16.1 Å². The molecule has 1 aromatic heterocycles. The van der Waals surface area contributed by atoms with Gasteiger partial charge >= 0.3 is 6.09 Å². The van der Waals surface area contributed by atoms with Gasteiger partial charge in [-0.05, 0) is 51.1 Å². The number of ether oxygens (including phenoxy) is 3. The van der Waals surface area contributed by atoms with Gasteiger partial charge in [-0.1, -0.05) is 6.07 Å². The van der Waals surface area contributed by atoms with Crippen LogP contribution in [0.15, 0.2) is 36.4 Å². The molecule has 0 unspecified atom stereocenters. The van der Waals surface area contributed by atoms with Crippen molar-refractivity contribution >= 4 is 44.8 Å². The van der Waals surface area contributed by atoms with Crippen molar-refractivity contribution in [3.8, 4) is 5.75 Å². The fourth-order valence-corrected chi connectivity index (χ4v) is 4.23. The van der Waals surface area contributed by atoms with Crippen molar-refractivity contribution in [1.29, 1.82) is 0 Å². The molecule has 0 bridgehead atoms. The Morgan fingerprint density at radius 1 is 1.09 bits per heavy atom. The number of methoxy groups -OCH3 is 2. The minimum atomic E-state index is -0.669. The summed E-state index contributed by atoms with van der Waals surface area (Å²) in [6.07, 6.45) is -0.651. The first kappa shape index (κ1) is 23.5. The van der Waals surface area contributed by atoms with E-state index in [1.165, 1.54) is 31.6 Å². The van der Waals surface area contributed by atoms with E-state index in [1.54, 1.807) is 51.1 Å². The number of rotatable bonds is 6. The number of fused-ring (bicyclic) bond motifs is 1. The molecule has 7 nitrogen and oxygen atoms in total. The minimum absolute atomic E-state index is 0.0950. The van der Waals surface area contributed by atoms with Gasteiger partial charge in [-0.3, -0.25) is 10.1 Å². The molecule has 0 radical (unpaired) electrons. The molecule has 3 rings (SSSR count). The van der Waals surface area contributed by atoms with Crippen LogP contribution in [0.4, 0.5) is 20.6 Å². The van der Waals surface area contributed by atoms with E-state index in [2.05, 4.69) is 10.6 Å². The summed E-state index contributed by atoms with van der Waals surface area (Å²) in [7, 11) is 2.96. The average Bonchev–Trinajstić information content (AvgIpc) is 3.07. The number of anilines is 2. The summed E-state index contributed by atoms with van der Waals surface area (Å²) in [6, 6.07) is 9.53. The van der Waals surface area contributed by atoms with Gasteiger partial charge < -0.3 is 19.5 Å². The van der Waals surface area contributed by atoms with E-state index in [0.717, 1.165) is 0 Å². The Morgan fingerprint density at radius 3 is 2.50 bits per heavy atom. The number of halogens is 1. The van der Waals surface area contributed by atoms with Gasteiger partial charge in [-0.15, -0.1) is 11.3 Å². The molecule has 0 aliphatic rings. The van der Waals surface area contributed by atoms with Gasteiger partial charge in [0.25, 0.3) is 5.91 Å². The molecule has 0 fully saturated rings. The second-order valence-corrected chi connectivity index (χ2v) is 9.00. The quantitative estimate of drug-likeness (QED) is 0.486. The molecule has 2 amide bonds. The number of amides is 2. The molecular weight excluding hydrogens is 435 g/mol. The van der Waals surface area contributed by atoms with Crippen LogP contribution >= 0.6 is 11.3 Å². The largest absolute Gasteiger partial charge is 0.495 e. The molecule has 2 N–H and O–H groups in total. The molecule has 0 aliphatic carbocycles. The highest BCUT2D eigenvalue weighted by Crippen LogP contribution is 2.35. The van der Waals surface area contributed by atoms with E-state index in [4.69, 9.17) is 14.2 Å². The highest BCUT2D eigenvalue weighted by atomic mass is 32.1. The van der Waals surface area contributed by atoms with Crippen molar-refractivity contribution in [2.45, 2.75) is 33.0 Å². The highest BCUT2D eigenvalue weighted by molar-refractivity contribution is 7.21. The number of nitrogens with one attached hydrogen (secondary N) is 2. The van der Waals surface area contributed by atoms with Crippen molar-refractivity contribution in [2.75, 3.05) is 24.9 Å². The monoisotopic (exact) mass is 460 g/mol. The summed E-state index contributed by atoms with van der Waals surface area (Å²) >= 11 is 1.19. The van der Waals surface area contributed by atoms with E-state index in [9.17, 15) is 14.0 Å². The first-order valence-corrected chi connectivity index (χ1v) is 10.6. The van der Waals surface area contributed by atoms with Crippen molar-refractivity contribution in [2.24, 2.45) is 0 Å². The maximum Gasteiger partial charge on any atom is 0.412 e. The zero-order chi connectivity index (χ0) is 23.5. The highest BCUT2D eigenvalue weighted by Gasteiger charge is 2.22. The van der Waals surface area contributed by atoms with Crippen molar-refractivity contribution in [1.82, 2.24) is 0 Å². The van der Waals surface area contributed by atoms with Crippen LogP contribution in [0.25, 0.3) is 10.1 Å². The SMILES string of the molecule is COCc1c(C(=O)Nc2ccc(OC)c(NC(=O)OC(C)(C)C)c2)sc2cccc(F)c12. The maximum atomic E-state index is 14.4. The Labute approximate surface area is 189 Å². The van der Waals surface area contributed by atoms with Gasteiger partial charge in [0.2, 0.25) is 0 Å². The Balaban J connectivity index is 1.89. The molecule has 0 atom stereocenters. The fraction of sp³-hybridized carbons (Fsp3) is 0.304. The van der Waals surface area contributed by atoms with Crippen LogP contribution in [0.3, 0.4) is 0 Å².